The summed E-state index contributed by atoms with van der Waals surface area (Å²) in [4.78, 5) is 17.1. The molecule has 1 saturated heterocycles. The van der Waals surface area contributed by atoms with Crippen LogP contribution in [0.2, 0.25) is 0 Å². The van der Waals surface area contributed by atoms with Gasteiger partial charge in [0.15, 0.2) is 5.76 Å². The predicted octanol–water partition coefficient (Wildman–Crippen LogP) is 3.06. The van der Waals surface area contributed by atoms with Gasteiger partial charge in [-0.25, -0.2) is 0 Å². The Bertz CT molecular complexity index is 814. The maximum Gasteiger partial charge on any atom is 0.289 e. The average molecular weight is 427 g/mol. The Morgan fingerprint density at radius 3 is 2.42 bits per heavy atom. The first-order valence-corrected chi connectivity index (χ1v) is 11.8. The first-order chi connectivity index (χ1) is 15.0. The van der Waals surface area contributed by atoms with Gasteiger partial charge in [-0.2, -0.15) is 0 Å². The predicted molar refractivity (Wildman–Crippen MR) is 118 cm³/mol. The molecule has 1 aromatic carbocycles. The van der Waals surface area contributed by atoms with Crippen LogP contribution in [0.5, 0.6) is 5.75 Å². The number of amides is 1. The lowest BCUT2D eigenvalue weighted by Crippen LogP contribution is -2.60. The zero-order valence-electron chi connectivity index (χ0n) is 18.5. The zero-order chi connectivity index (χ0) is 21.4. The molecule has 0 bridgehead atoms. The topological polar surface area (TPSA) is 62.2 Å². The van der Waals surface area contributed by atoms with E-state index in [9.17, 15) is 9.90 Å². The number of benzene rings is 1. The fourth-order valence-electron chi connectivity index (χ4n) is 5.19. The molecule has 2 saturated carbocycles. The number of likely N-dealkylation sites (tertiary alicyclic amines) is 1. The number of hydrogen-bond acceptors (Lipinski definition) is 5. The Hall–Kier alpha value is -1.89. The highest BCUT2D eigenvalue weighted by atomic mass is 16.5. The zero-order valence-corrected chi connectivity index (χ0v) is 18.5. The summed E-state index contributed by atoms with van der Waals surface area (Å²) in [6.07, 6.45) is 8.71. The van der Waals surface area contributed by atoms with Crippen molar-refractivity contribution in [2.24, 2.45) is 0 Å². The van der Waals surface area contributed by atoms with E-state index in [0.29, 0.717) is 18.9 Å². The van der Waals surface area contributed by atoms with E-state index in [4.69, 9.17) is 9.47 Å². The molecule has 0 spiro atoms. The molecule has 0 radical (unpaired) electrons. The summed E-state index contributed by atoms with van der Waals surface area (Å²) < 4.78 is 12.0. The Morgan fingerprint density at radius 2 is 1.77 bits per heavy atom. The summed E-state index contributed by atoms with van der Waals surface area (Å²) in [5.74, 6) is 1.94. The minimum Gasteiger partial charge on any atom is -0.452 e. The van der Waals surface area contributed by atoms with Crippen LogP contribution in [0.3, 0.4) is 0 Å². The van der Waals surface area contributed by atoms with E-state index < -0.39 is 5.60 Å². The number of carbonyl (C=O) groups excluding carboxylic acids is 1. The van der Waals surface area contributed by atoms with Crippen molar-refractivity contribution in [3.8, 4) is 5.75 Å². The molecule has 0 atom stereocenters. The van der Waals surface area contributed by atoms with Gasteiger partial charge in [-0.05, 0) is 75.1 Å². The van der Waals surface area contributed by atoms with Gasteiger partial charge in [0, 0.05) is 32.2 Å². The summed E-state index contributed by atoms with van der Waals surface area (Å²) >= 11 is 0. The molecule has 6 heteroatoms. The summed E-state index contributed by atoms with van der Waals surface area (Å²) in [5, 5.41) is 9.79. The van der Waals surface area contributed by atoms with Crippen molar-refractivity contribution in [3.63, 3.8) is 0 Å². The first-order valence-electron chi connectivity index (χ1n) is 11.8. The van der Waals surface area contributed by atoms with Crippen LogP contribution in [0.25, 0.3) is 0 Å². The summed E-state index contributed by atoms with van der Waals surface area (Å²) in [6, 6.07) is 8.47. The molecule has 2 aliphatic heterocycles. The van der Waals surface area contributed by atoms with Crippen LogP contribution in [0.1, 0.15) is 56.9 Å². The van der Waals surface area contributed by atoms with Crippen LogP contribution in [-0.2, 0) is 9.53 Å². The van der Waals surface area contributed by atoms with Crippen LogP contribution in [0.4, 0.5) is 0 Å². The molecule has 31 heavy (non-hydrogen) atoms. The van der Waals surface area contributed by atoms with E-state index in [-0.39, 0.29) is 18.1 Å². The highest BCUT2D eigenvalue weighted by Gasteiger charge is 2.37. The van der Waals surface area contributed by atoms with Crippen molar-refractivity contribution in [1.82, 2.24) is 9.80 Å². The average Bonchev–Trinajstić information content (AvgIpc) is 3.53. The van der Waals surface area contributed by atoms with Crippen molar-refractivity contribution in [2.75, 3.05) is 32.8 Å². The monoisotopic (exact) mass is 426 g/mol. The second-order valence-electron chi connectivity index (χ2n) is 9.98. The third-order valence-corrected chi connectivity index (χ3v) is 7.08. The van der Waals surface area contributed by atoms with Gasteiger partial charge in [0.2, 0.25) is 0 Å². The van der Waals surface area contributed by atoms with Gasteiger partial charge in [0.25, 0.3) is 5.91 Å². The maximum atomic E-state index is 12.9. The molecular weight excluding hydrogens is 392 g/mol. The normalized spacial score (nSPS) is 28.4. The van der Waals surface area contributed by atoms with E-state index in [1.807, 2.05) is 30.0 Å². The van der Waals surface area contributed by atoms with E-state index in [1.165, 1.54) is 18.4 Å². The van der Waals surface area contributed by atoms with Gasteiger partial charge >= 0.3 is 0 Å². The molecule has 5 rings (SSSR count). The molecule has 2 aliphatic carbocycles. The molecule has 0 aromatic heterocycles. The minimum atomic E-state index is -0.517. The first kappa shape index (κ1) is 21.0. The quantitative estimate of drug-likeness (QED) is 0.692. The fraction of sp³-hybridized carbons (Fsp3) is 0.640. The van der Waals surface area contributed by atoms with Gasteiger partial charge < -0.3 is 19.5 Å². The SMILES string of the molecule is CC1(O)CN(CCO[C@H]2CC[C@H](N3CC=C(Oc4ccc(C5CC5)cc4)C3=O)CC2)C1. The van der Waals surface area contributed by atoms with Crippen molar-refractivity contribution in [1.29, 1.82) is 0 Å². The molecule has 4 aliphatic rings. The molecule has 2 heterocycles. The molecule has 1 aromatic rings. The van der Waals surface area contributed by atoms with Crippen LogP contribution >= 0.6 is 0 Å². The number of hydrogen-bond donors (Lipinski definition) is 1. The summed E-state index contributed by atoms with van der Waals surface area (Å²) in [5.41, 5.74) is 0.855. The molecule has 1 N–H and O–H groups in total. The van der Waals surface area contributed by atoms with Crippen molar-refractivity contribution in [2.45, 2.75) is 69.1 Å². The lowest BCUT2D eigenvalue weighted by molar-refractivity contribution is -0.131. The standard InChI is InChI=1S/C25H34N2O4/c1-25(29)16-26(17-25)14-15-30-21-10-6-20(7-11-21)27-13-12-23(24(27)28)31-22-8-4-19(5-9-22)18-2-3-18/h4-5,8-9,12,18,20-21,29H,2-3,6-7,10-11,13-17H2,1H3/t20-,21-. The second-order valence-corrected chi connectivity index (χ2v) is 9.98. The second kappa shape index (κ2) is 8.57. The number of aliphatic hydroxyl groups is 1. The number of nitrogens with zero attached hydrogens (tertiary/aromatic N) is 2. The third-order valence-electron chi connectivity index (χ3n) is 7.08. The third kappa shape index (κ3) is 4.97. The van der Waals surface area contributed by atoms with E-state index in [0.717, 1.165) is 57.0 Å². The fourth-order valence-corrected chi connectivity index (χ4v) is 5.19. The molecule has 1 amide bonds. The molecular formula is C25H34N2O4. The van der Waals surface area contributed by atoms with E-state index in [2.05, 4.69) is 17.0 Å². The summed E-state index contributed by atoms with van der Waals surface area (Å²) in [7, 11) is 0. The lowest BCUT2D eigenvalue weighted by Gasteiger charge is -2.44. The van der Waals surface area contributed by atoms with Crippen LogP contribution < -0.4 is 4.74 Å². The van der Waals surface area contributed by atoms with Crippen molar-refractivity contribution in [3.05, 3.63) is 41.7 Å². The maximum absolute atomic E-state index is 12.9. The molecule has 6 nitrogen and oxygen atoms in total. The Kier molecular flexibility index (Phi) is 5.80. The minimum absolute atomic E-state index is 0.0143. The van der Waals surface area contributed by atoms with Gasteiger partial charge in [0.05, 0.1) is 18.3 Å². The van der Waals surface area contributed by atoms with Crippen LogP contribution in [0.15, 0.2) is 36.1 Å². The number of β-amino-alcohol motifs (C(OH)–C–C–N with tert-alkyl or cyclic N) is 1. The number of rotatable bonds is 8. The Morgan fingerprint density at radius 1 is 1.06 bits per heavy atom. The molecule has 168 valence electrons. The van der Waals surface area contributed by atoms with E-state index in [1.54, 1.807) is 0 Å². The Labute approximate surface area is 184 Å². The Balaban J connectivity index is 1.03. The highest BCUT2D eigenvalue weighted by molar-refractivity contribution is 5.94. The van der Waals surface area contributed by atoms with E-state index >= 15 is 0 Å². The smallest absolute Gasteiger partial charge is 0.289 e. The number of carbonyl (C=O) groups is 1. The van der Waals surface area contributed by atoms with Gasteiger partial charge in [0.1, 0.15) is 5.75 Å². The largest absolute Gasteiger partial charge is 0.452 e. The van der Waals surface area contributed by atoms with Crippen LogP contribution in [-0.4, -0.2) is 71.3 Å². The lowest BCUT2D eigenvalue weighted by atomic mass is 9.92. The molecule has 3 fully saturated rings. The van der Waals surface area contributed by atoms with Gasteiger partial charge in [-0.1, -0.05) is 12.1 Å². The highest BCUT2D eigenvalue weighted by Crippen LogP contribution is 2.40. The van der Waals surface area contributed by atoms with Gasteiger partial charge in [-0.15, -0.1) is 0 Å². The van der Waals surface area contributed by atoms with Crippen molar-refractivity contribution < 1.29 is 19.4 Å². The number of ether oxygens (including phenoxy) is 2. The van der Waals surface area contributed by atoms with Crippen molar-refractivity contribution >= 4 is 5.91 Å². The summed E-state index contributed by atoms with van der Waals surface area (Å²) in [6.45, 7) is 5.59. The van der Waals surface area contributed by atoms with Crippen LogP contribution in [0, 0.1) is 0 Å². The molecule has 0 unspecified atom stereocenters. The van der Waals surface area contributed by atoms with Gasteiger partial charge in [-0.3, -0.25) is 9.69 Å².